The lowest BCUT2D eigenvalue weighted by Crippen LogP contribution is -2.53. The van der Waals surface area contributed by atoms with Crippen LogP contribution < -0.4 is 5.32 Å². The highest BCUT2D eigenvalue weighted by atomic mass is 16.5. The fourth-order valence-electron chi connectivity index (χ4n) is 2.11. The summed E-state index contributed by atoms with van der Waals surface area (Å²) in [5.41, 5.74) is 0.904. The normalized spacial score (nSPS) is 19.4. The van der Waals surface area contributed by atoms with Gasteiger partial charge in [0, 0.05) is 18.8 Å². The molecule has 0 spiro atoms. The number of aromatic nitrogens is 1. The van der Waals surface area contributed by atoms with Crippen molar-refractivity contribution >= 4 is 5.91 Å². The van der Waals surface area contributed by atoms with Gasteiger partial charge in [0.25, 0.3) is 0 Å². The summed E-state index contributed by atoms with van der Waals surface area (Å²) in [6.45, 7) is 6.42. The number of carbonyl (C=O) groups is 1. The summed E-state index contributed by atoms with van der Waals surface area (Å²) in [5, 5.41) is 3.20. The van der Waals surface area contributed by atoms with Crippen LogP contribution in [0.2, 0.25) is 0 Å². The Morgan fingerprint density at radius 1 is 1.58 bits per heavy atom. The van der Waals surface area contributed by atoms with E-state index in [0.29, 0.717) is 19.8 Å². The average molecular weight is 263 g/mol. The molecule has 1 aromatic rings. The monoisotopic (exact) mass is 263 g/mol. The number of ether oxygens (including phenoxy) is 1. The van der Waals surface area contributed by atoms with E-state index >= 15 is 0 Å². The number of nitrogens with zero attached hydrogens (tertiary/aromatic N) is 2. The number of amides is 1. The van der Waals surface area contributed by atoms with E-state index in [1.165, 1.54) is 0 Å². The van der Waals surface area contributed by atoms with Crippen LogP contribution in [0.25, 0.3) is 0 Å². The predicted octanol–water partition coefficient (Wildman–Crippen LogP) is 0.807. The van der Waals surface area contributed by atoms with Crippen LogP contribution in [0.4, 0.5) is 0 Å². The Balaban J connectivity index is 2.04. The van der Waals surface area contributed by atoms with Crippen molar-refractivity contribution in [1.82, 2.24) is 15.2 Å². The summed E-state index contributed by atoms with van der Waals surface area (Å²) in [7, 11) is 0. The van der Waals surface area contributed by atoms with Crippen molar-refractivity contribution in [2.75, 3.05) is 19.8 Å². The van der Waals surface area contributed by atoms with Crippen molar-refractivity contribution in [3.63, 3.8) is 0 Å². The van der Waals surface area contributed by atoms with Crippen molar-refractivity contribution in [2.45, 2.75) is 32.5 Å². The van der Waals surface area contributed by atoms with Gasteiger partial charge in [-0.25, -0.2) is 0 Å². The van der Waals surface area contributed by atoms with E-state index in [9.17, 15) is 4.79 Å². The molecule has 1 amide bonds. The molecule has 0 saturated carbocycles. The Morgan fingerprint density at radius 3 is 3.00 bits per heavy atom. The zero-order chi connectivity index (χ0) is 13.7. The first-order chi connectivity index (χ1) is 9.18. The van der Waals surface area contributed by atoms with Crippen LogP contribution in [0.5, 0.6) is 0 Å². The predicted molar refractivity (Wildman–Crippen MR) is 72.5 cm³/mol. The minimum Gasteiger partial charge on any atom is -0.378 e. The Bertz CT molecular complexity index is 402. The Hall–Kier alpha value is -1.46. The van der Waals surface area contributed by atoms with E-state index in [4.69, 9.17) is 4.74 Å². The molecule has 1 N–H and O–H groups in total. The molecular weight excluding hydrogens is 242 g/mol. The lowest BCUT2D eigenvalue weighted by atomic mass is 10.2. The van der Waals surface area contributed by atoms with Gasteiger partial charge in [-0.15, -0.1) is 0 Å². The summed E-state index contributed by atoms with van der Waals surface area (Å²) >= 11 is 0. The van der Waals surface area contributed by atoms with E-state index in [2.05, 4.69) is 10.3 Å². The van der Waals surface area contributed by atoms with Crippen molar-refractivity contribution in [3.8, 4) is 0 Å². The number of hydrogen-bond acceptors (Lipinski definition) is 4. The first kappa shape index (κ1) is 14.0. The van der Waals surface area contributed by atoms with Gasteiger partial charge in [-0.2, -0.15) is 0 Å². The fraction of sp³-hybridized carbons (Fsp3) is 0.571. The average Bonchev–Trinajstić information content (AvgIpc) is 2.46. The van der Waals surface area contributed by atoms with Crippen LogP contribution in [-0.4, -0.2) is 47.6 Å². The van der Waals surface area contributed by atoms with Crippen LogP contribution >= 0.6 is 0 Å². The summed E-state index contributed by atoms with van der Waals surface area (Å²) in [6, 6.07) is 5.65. The second-order valence-electron chi connectivity index (χ2n) is 4.96. The van der Waals surface area contributed by atoms with Crippen molar-refractivity contribution in [2.24, 2.45) is 0 Å². The third-order valence-corrected chi connectivity index (χ3v) is 3.18. The molecule has 5 nitrogen and oxygen atoms in total. The lowest BCUT2D eigenvalue weighted by Gasteiger charge is -2.32. The van der Waals surface area contributed by atoms with Crippen molar-refractivity contribution in [3.05, 3.63) is 30.1 Å². The number of rotatable bonds is 4. The van der Waals surface area contributed by atoms with Gasteiger partial charge < -0.3 is 15.0 Å². The molecule has 2 rings (SSSR count). The fourth-order valence-corrected chi connectivity index (χ4v) is 2.11. The molecule has 19 heavy (non-hydrogen) atoms. The minimum absolute atomic E-state index is 0.0837. The number of pyridine rings is 1. The van der Waals surface area contributed by atoms with Gasteiger partial charge in [-0.1, -0.05) is 6.07 Å². The van der Waals surface area contributed by atoms with Gasteiger partial charge in [0.05, 0.1) is 25.5 Å². The van der Waals surface area contributed by atoms with Crippen LogP contribution in [0, 0.1) is 0 Å². The van der Waals surface area contributed by atoms with Gasteiger partial charge >= 0.3 is 0 Å². The number of morpholine rings is 1. The minimum atomic E-state index is -0.236. The molecule has 5 heteroatoms. The maximum atomic E-state index is 12.5. The van der Waals surface area contributed by atoms with Crippen LogP contribution in [-0.2, 0) is 16.1 Å². The molecule has 0 aliphatic carbocycles. The smallest absolute Gasteiger partial charge is 0.242 e. The molecule has 0 aromatic carbocycles. The zero-order valence-corrected chi connectivity index (χ0v) is 11.5. The molecule has 1 aromatic heterocycles. The van der Waals surface area contributed by atoms with Crippen molar-refractivity contribution in [1.29, 1.82) is 0 Å². The van der Waals surface area contributed by atoms with Crippen molar-refractivity contribution < 1.29 is 9.53 Å². The molecule has 2 heterocycles. The molecular formula is C14H21N3O2. The highest BCUT2D eigenvalue weighted by molar-refractivity contribution is 5.82. The van der Waals surface area contributed by atoms with Gasteiger partial charge in [0.2, 0.25) is 5.91 Å². The maximum Gasteiger partial charge on any atom is 0.242 e. The quantitative estimate of drug-likeness (QED) is 0.873. The molecule has 1 fully saturated rings. The van der Waals surface area contributed by atoms with E-state index in [0.717, 1.165) is 12.2 Å². The van der Waals surface area contributed by atoms with Crippen LogP contribution in [0.3, 0.4) is 0 Å². The van der Waals surface area contributed by atoms with Gasteiger partial charge in [0.15, 0.2) is 0 Å². The summed E-state index contributed by atoms with van der Waals surface area (Å²) in [4.78, 5) is 18.6. The number of nitrogens with one attached hydrogen (secondary N) is 1. The molecule has 0 bridgehead atoms. The standard InChI is InChI=1S/C14H21N3O2/c1-11(2)17(9-12-5-3-4-6-15-12)14(18)13-10-19-8-7-16-13/h3-6,11,13,16H,7-10H2,1-2H3. The van der Waals surface area contributed by atoms with Crippen LogP contribution in [0.1, 0.15) is 19.5 Å². The molecule has 1 aliphatic rings. The second-order valence-corrected chi connectivity index (χ2v) is 4.96. The molecule has 1 aliphatic heterocycles. The third kappa shape index (κ3) is 3.75. The Labute approximate surface area is 114 Å². The maximum absolute atomic E-state index is 12.5. The highest BCUT2D eigenvalue weighted by Gasteiger charge is 2.28. The van der Waals surface area contributed by atoms with E-state index < -0.39 is 0 Å². The van der Waals surface area contributed by atoms with Gasteiger partial charge in [-0.05, 0) is 26.0 Å². The topological polar surface area (TPSA) is 54.5 Å². The summed E-state index contributed by atoms with van der Waals surface area (Å²) < 4.78 is 5.36. The Kier molecular flexibility index (Phi) is 4.87. The number of carbonyl (C=O) groups excluding carboxylic acids is 1. The molecule has 0 radical (unpaired) electrons. The lowest BCUT2D eigenvalue weighted by molar-refractivity contribution is -0.138. The highest BCUT2D eigenvalue weighted by Crippen LogP contribution is 2.09. The van der Waals surface area contributed by atoms with E-state index in [1.54, 1.807) is 6.20 Å². The first-order valence-electron chi connectivity index (χ1n) is 6.70. The molecule has 1 atom stereocenters. The first-order valence-corrected chi connectivity index (χ1v) is 6.70. The van der Waals surface area contributed by atoms with E-state index in [-0.39, 0.29) is 18.0 Å². The van der Waals surface area contributed by atoms with Crippen LogP contribution in [0.15, 0.2) is 24.4 Å². The summed E-state index contributed by atoms with van der Waals surface area (Å²) in [6.07, 6.45) is 1.75. The Morgan fingerprint density at radius 2 is 2.42 bits per heavy atom. The molecule has 104 valence electrons. The SMILES string of the molecule is CC(C)N(Cc1ccccn1)C(=O)C1COCCN1. The van der Waals surface area contributed by atoms with Gasteiger partial charge in [-0.3, -0.25) is 9.78 Å². The molecule has 1 unspecified atom stereocenters. The second kappa shape index (κ2) is 6.63. The third-order valence-electron chi connectivity index (χ3n) is 3.18. The van der Waals surface area contributed by atoms with Gasteiger partial charge in [0.1, 0.15) is 6.04 Å². The largest absolute Gasteiger partial charge is 0.378 e. The van der Waals surface area contributed by atoms with E-state index in [1.807, 2.05) is 36.9 Å². The number of hydrogen-bond donors (Lipinski definition) is 1. The molecule has 1 saturated heterocycles. The zero-order valence-electron chi connectivity index (χ0n) is 11.5. The summed E-state index contributed by atoms with van der Waals surface area (Å²) in [5.74, 6) is 0.0837.